The van der Waals surface area contributed by atoms with E-state index in [2.05, 4.69) is 10.3 Å². The quantitative estimate of drug-likeness (QED) is 0.858. The van der Waals surface area contributed by atoms with Gasteiger partial charge in [0.05, 0.1) is 11.6 Å². The predicted octanol–water partition coefficient (Wildman–Crippen LogP) is 3.26. The number of halogens is 2. The molecule has 0 bridgehead atoms. The van der Waals surface area contributed by atoms with Crippen LogP contribution in [0.25, 0.3) is 0 Å². The van der Waals surface area contributed by atoms with Crippen molar-refractivity contribution in [3.05, 3.63) is 46.6 Å². The Morgan fingerprint density at radius 1 is 1.55 bits per heavy atom. The molecular formula is C13H12ClFN2O3. The molecule has 0 saturated carbocycles. The molecule has 0 aliphatic carbocycles. The van der Waals surface area contributed by atoms with Crippen molar-refractivity contribution in [2.45, 2.75) is 13.5 Å². The molecule has 0 unspecified atom stereocenters. The van der Waals surface area contributed by atoms with E-state index in [1.54, 1.807) is 13.0 Å². The zero-order valence-corrected chi connectivity index (χ0v) is 11.4. The molecule has 1 heterocycles. The number of hydrogen-bond donors (Lipinski definition) is 1. The van der Waals surface area contributed by atoms with E-state index in [9.17, 15) is 9.18 Å². The van der Waals surface area contributed by atoms with Crippen molar-refractivity contribution in [1.82, 2.24) is 4.98 Å². The van der Waals surface area contributed by atoms with Gasteiger partial charge in [-0.1, -0.05) is 17.7 Å². The topological polar surface area (TPSA) is 64.4 Å². The van der Waals surface area contributed by atoms with Gasteiger partial charge < -0.3 is 14.5 Å². The van der Waals surface area contributed by atoms with Crippen LogP contribution in [0.2, 0.25) is 5.02 Å². The molecule has 0 aliphatic rings. The van der Waals surface area contributed by atoms with E-state index in [1.165, 1.54) is 18.4 Å². The summed E-state index contributed by atoms with van der Waals surface area (Å²) in [7, 11) is 0. The molecule has 1 aromatic heterocycles. The second-order valence-corrected chi connectivity index (χ2v) is 4.27. The number of rotatable bonds is 5. The Morgan fingerprint density at radius 3 is 3.05 bits per heavy atom. The highest BCUT2D eigenvalue weighted by atomic mass is 35.5. The molecule has 20 heavy (non-hydrogen) atoms. The van der Waals surface area contributed by atoms with Gasteiger partial charge in [0.1, 0.15) is 12.1 Å². The molecule has 1 N–H and O–H groups in total. The third kappa shape index (κ3) is 3.48. The molecule has 0 atom stereocenters. The number of ether oxygens (including phenoxy) is 1. The minimum Gasteiger partial charge on any atom is -0.461 e. The number of anilines is 1. The summed E-state index contributed by atoms with van der Waals surface area (Å²) in [6.45, 7) is 2.31. The Bertz CT molecular complexity index is 615. The smallest absolute Gasteiger partial charge is 0.360 e. The van der Waals surface area contributed by atoms with E-state index in [4.69, 9.17) is 20.8 Å². The second kappa shape index (κ2) is 6.38. The molecule has 7 heteroatoms. The van der Waals surface area contributed by atoms with Crippen molar-refractivity contribution in [2.75, 3.05) is 11.9 Å². The summed E-state index contributed by atoms with van der Waals surface area (Å²) in [6.07, 6.45) is 1.21. The first-order valence-electron chi connectivity index (χ1n) is 5.90. The Kier molecular flexibility index (Phi) is 4.57. The number of carbonyl (C=O) groups is 1. The normalized spacial score (nSPS) is 10.3. The maximum Gasteiger partial charge on any atom is 0.360 e. The van der Waals surface area contributed by atoms with Gasteiger partial charge in [-0.25, -0.2) is 9.18 Å². The number of nitrogens with one attached hydrogen (secondary N) is 1. The van der Waals surface area contributed by atoms with E-state index in [0.29, 0.717) is 6.54 Å². The molecule has 2 aromatic rings. The summed E-state index contributed by atoms with van der Waals surface area (Å²) >= 11 is 5.67. The van der Waals surface area contributed by atoms with Crippen LogP contribution in [0.15, 0.2) is 28.9 Å². The lowest BCUT2D eigenvalue weighted by atomic mass is 10.2. The molecule has 2 rings (SSSR count). The van der Waals surface area contributed by atoms with Crippen molar-refractivity contribution in [3.63, 3.8) is 0 Å². The fourth-order valence-electron chi connectivity index (χ4n) is 1.48. The summed E-state index contributed by atoms with van der Waals surface area (Å²) in [5, 5.41) is 2.90. The van der Waals surface area contributed by atoms with Crippen molar-refractivity contribution < 1.29 is 18.3 Å². The lowest BCUT2D eigenvalue weighted by Gasteiger charge is -2.03. The summed E-state index contributed by atoms with van der Waals surface area (Å²) in [5.74, 6) is -1.02. The maximum atomic E-state index is 13.0. The molecule has 5 nitrogen and oxygen atoms in total. The van der Waals surface area contributed by atoms with Gasteiger partial charge in [0.2, 0.25) is 0 Å². The highest BCUT2D eigenvalue weighted by Gasteiger charge is 2.12. The number of carbonyl (C=O) groups excluding carboxylic acids is 1. The van der Waals surface area contributed by atoms with Crippen molar-refractivity contribution in [2.24, 2.45) is 0 Å². The SMILES string of the molecule is CCOC(=O)c1coc(NCc2ccc(F)c(Cl)c2)n1. The lowest BCUT2D eigenvalue weighted by molar-refractivity contribution is 0.0519. The summed E-state index contributed by atoms with van der Waals surface area (Å²) < 4.78 is 22.9. The second-order valence-electron chi connectivity index (χ2n) is 3.86. The van der Waals surface area contributed by atoms with Crippen LogP contribution in [0, 0.1) is 5.82 Å². The maximum absolute atomic E-state index is 13.0. The number of esters is 1. The third-order valence-corrected chi connectivity index (χ3v) is 2.71. The highest BCUT2D eigenvalue weighted by molar-refractivity contribution is 6.30. The largest absolute Gasteiger partial charge is 0.461 e. The monoisotopic (exact) mass is 298 g/mol. The first kappa shape index (κ1) is 14.3. The minimum absolute atomic E-state index is 0.0453. The van der Waals surface area contributed by atoms with Crippen LogP contribution in [0.5, 0.6) is 0 Å². The Labute approximate surface area is 119 Å². The van der Waals surface area contributed by atoms with Crippen molar-refractivity contribution in [3.8, 4) is 0 Å². The van der Waals surface area contributed by atoms with Gasteiger partial charge in [-0.3, -0.25) is 0 Å². The summed E-state index contributed by atoms with van der Waals surface area (Å²) in [4.78, 5) is 15.3. The van der Waals surface area contributed by atoms with Gasteiger partial charge in [-0.15, -0.1) is 0 Å². The van der Waals surface area contributed by atoms with Crippen LogP contribution in [0.4, 0.5) is 10.4 Å². The van der Waals surface area contributed by atoms with Gasteiger partial charge in [0, 0.05) is 6.54 Å². The lowest BCUT2D eigenvalue weighted by Crippen LogP contribution is -2.05. The summed E-state index contributed by atoms with van der Waals surface area (Å²) in [5.41, 5.74) is 0.846. The molecule has 0 aliphatic heterocycles. The molecule has 0 spiro atoms. The first-order chi connectivity index (χ1) is 9.60. The number of oxazole rings is 1. The van der Waals surface area contributed by atoms with E-state index in [0.717, 1.165) is 5.56 Å². The van der Waals surface area contributed by atoms with Crippen LogP contribution < -0.4 is 5.32 Å². The standard InChI is InChI=1S/C13H12ClFN2O3/c1-2-19-12(18)11-7-20-13(17-11)16-6-8-3-4-10(15)9(14)5-8/h3-5,7H,2,6H2,1H3,(H,16,17). The zero-order chi connectivity index (χ0) is 14.5. The average molecular weight is 299 g/mol. The van der Waals surface area contributed by atoms with Crippen LogP contribution in [0.3, 0.4) is 0 Å². The highest BCUT2D eigenvalue weighted by Crippen LogP contribution is 2.17. The number of hydrogen-bond acceptors (Lipinski definition) is 5. The Morgan fingerprint density at radius 2 is 2.35 bits per heavy atom. The van der Waals surface area contributed by atoms with Crippen LogP contribution in [0.1, 0.15) is 23.0 Å². The number of nitrogens with zero attached hydrogens (tertiary/aromatic N) is 1. The van der Waals surface area contributed by atoms with Crippen molar-refractivity contribution >= 4 is 23.6 Å². The summed E-state index contributed by atoms with van der Waals surface area (Å²) in [6, 6.07) is 4.54. The van der Waals surface area contributed by atoms with E-state index in [-0.39, 0.29) is 23.3 Å². The van der Waals surface area contributed by atoms with Crippen LogP contribution in [-0.2, 0) is 11.3 Å². The average Bonchev–Trinajstić information content (AvgIpc) is 2.89. The van der Waals surface area contributed by atoms with Crippen LogP contribution in [-0.4, -0.2) is 17.6 Å². The van der Waals surface area contributed by atoms with Crippen molar-refractivity contribution in [1.29, 1.82) is 0 Å². The molecular weight excluding hydrogens is 287 g/mol. The molecule has 0 radical (unpaired) electrons. The van der Waals surface area contributed by atoms with Gasteiger partial charge in [-0.2, -0.15) is 4.98 Å². The van der Waals surface area contributed by atoms with Gasteiger partial charge in [-0.05, 0) is 24.6 Å². The molecule has 0 amide bonds. The van der Waals surface area contributed by atoms with Gasteiger partial charge in [0.25, 0.3) is 6.01 Å². The number of aromatic nitrogens is 1. The molecule has 0 fully saturated rings. The van der Waals surface area contributed by atoms with Crippen LogP contribution >= 0.6 is 11.6 Å². The van der Waals surface area contributed by atoms with Gasteiger partial charge >= 0.3 is 5.97 Å². The Balaban J connectivity index is 1.97. The molecule has 1 aromatic carbocycles. The minimum atomic E-state index is -0.547. The predicted molar refractivity (Wildman–Crippen MR) is 71.2 cm³/mol. The first-order valence-corrected chi connectivity index (χ1v) is 6.28. The third-order valence-electron chi connectivity index (χ3n) is 2.42. The fraction of sp³-hybridized carbons (Fsp3) is 0.231. The molecule has 106 valence electrons. The fourth-order valence-corrected chi connectivity index (χ4v) is 1.68. The van der Waals surface area contributed by atoms with E-state index < -0.39 is 11.8 Å². The molecule has 0 saturated heterocycles. The zero-order valence-electron chi connectivity index (χ0n) is 10.7. The number of benzene rings is 1. The van der Waals surface area contributed by atoms with E-state index in [1.807, 2.05) is 0 Å². The Hall–Kier alpha value is -2.08. The van der Waals surface area contributed by atoms with Gasteiger partial charge in [0.15, 0.2) is 5.69 Å². The van der Waals surface area contributed by atoms with E-state index >= 15 is 0 Å².